The molecule has 0 fully saturated rings. The monoisotopic (exact) mass is 376 g/mol. The number of nitrogens with one attached hydrogen (secondary N) is 1. The van der Waals surface area contributed by atoms with E-state index in [2.05, 4.69) is 5.32 Å². The van der Waals surface area contributed by atoms with E-state index in [1.165, 1.54) is 6.07 Å². The highest BCUT2D eigenvalue weighted by Gasteiger charge is 2.17. The van der Waals surface area contributed by atoms with Crippen LogP contribution in [0.4, 0.5) is 15.8 Å². The highest BCUT2D eigenvalue weighted by Crippen LogP contribution is 2.28. The molecule has 0 unspecified atom stereocenters. The fourth-order valence-electron chi connectivity index (χ4n) is 1.60. The Morgan fingerprint density at radius 1 is 1.47 bits per heavy atom. The number of nitro benzene ring substituents is 1. The maximum atomic E-state index is 13.4. The molecular formula is C12H10FIN2O3. The summed E-state index contributed by atoms with van der Waals surface area (Å²) in [5.41, 5.74) is 0.0414. The fourth-order valence-corrected chi connectivity index (χ4v) is 2.05. The SMILES string of the molecule is O=[N+]([O-])c1cc(I)c(F)cc1NCCc1ccco1. The predicted molar refractivity (Wildman–Crippen MR) is 76.7 cm³/mol. The second-order valence-corrected chi connectivity index (χ2v) is 4.96. The molecule has 1 aromatic carbocycles. The van der Waals surface area contributed by atoms with Crippen LogP contribution in [0.3, 0.4) is 0 Å². The molecule has 0 aliphatic heterocycles. The highest BCUT2D eigenvalue weighted by atomic mass is 127. The summed E-state index contributed by atoms with van der Waals surface area (Å²) >= 11 is 1.72. The van der Waals surface area contributed by atoms with Gasteiger partial charge in [0.25, 0.3) is 5.69 Å². The summed E-state index contributed by atoms with van der Waals surface area (Å²) in [5.74, 6) is 0.285. The van der Waals surface area contributed by atoms with Gasteiger partial charge in [0.1, 0.15) is 17.3 Å². The van der Waals surface area contributed by atoms with Gasteiger partial charge in [-0.3, -0.25) is 10.1 Å². The van der Waals surface area contributed by atoms with Gasteiger partial charge < -0.3 is 9.73 Å². The van der Waals surface area contributed by atoms with E-state index in [0.717, 1.165) is 11.8 Å². The van der Waals surface area contributed by atoms with Crippen LogP contribution in [-0.4, -0.2) is 11.5 Å². The third kappa shape index (κ3) is 3.43. The van der Waals surface area contributed by atoms with Crippen LogP contribution in [-0.2, 0) is 6.42 Å². The van der Waals surface area contributed by atoms with Gasteiger partial charge in [-0.1, -0.05) is 0 Å². The first-order chi connectivity index (χ1) is 9.08. The van der Waals surface area contributed by atoms with Crippen LogP contribution in [0.1, 0.15) is 5.76 Å². The molecule has 0 saturated carbocycles. The topological polar surface area (TPSA) is 68.3 Å². The molecule has 1 N–H and O–H groups in total. The Labute approximate surface area is 122 Å². The third-order valence-corrected chi connectivity index (χ3v) is 3.33. The van der Waals surface area contributed by atoms with Crippen LogP contribution in [0, 0.1) is 19.5 Å². The summed E-state index contributed by atoms with van der Waals surface area (Å²) in [6.45, 7) is 0.425. The van der Waals surface area contributed by atoms with Gasteiger partial charge in [0.2, 0.25) is 0 Å². The van der Waals surface area contributed by atoms with Crippen LogP contribution in [0.5, 0.6) is 0 Å². The van der Waals surface area contributed by atoms with Gasteiger partial charge >= 0.3 is 0 Å². The Balaban J connectivity index is 2.10. The Hall–Kier alpha value is -1.64. The van der Waals surface area contributed by atoms with Crippen molar-refractivity contribution in [3.63, 3.8) is 0 Å². The molecule has 19 heavy (non-hydrogen) atoms. The molecule has 1 heterocycles. The molecule has 2 aromatic rings. The van der Waals surface area contributed by atoms with Gasteiger partial charge in [-0.15, -0.1) is 0 Å². The lowest BCUT2D eigenvalue weighted by molar-refractivity contribution is -0.384. The molecule has 0 radical (unpaired) electrons. The minimum absolute atomic E-state index is 0.134. The molecule has 0 saturated heterocycles. The fraction of sp³-hybridized carbons (Fsp3) is 0.167. The second-order valence-electron chi connectivity index (χ2n) is 3.80. The van der Waals surface area contributed by atoms with Crippen molar-refractivity contribution in [1.29, 1.82) is 0 Å². The summed E-state index contributed by atoms with van der Waals surface area (Å²) in [7, 11) is 0. The molecule has 0 spiro atoms. The van der Waals surface area contributed by atoms with Crippen molar-refractivity contribution in [3.8, 4) is 0 Å². The van der Waals surface area contributed by atoms with Crippen LogP contribution >= 0.6 is 22.6 Å². The van der Waals surface area contributed by atoms with Gasteiger partial charge in [-0.2, -0.15) is 0 Å². The van der Waals surface area contributed by atoms with Crippen molar-refractivity contribution in [2.24, 2.45) is 0 Å². The molecule has 5 nitrogen and oxygen atoms in total. The molecule has 0 aliphatic rings. The summed E-state index contributed by atoms with van der Waals surface area (Å²) in [4.78, 5) is 10.4. The molecular weight excluding hydrogens is 366 g/mol. The van der Waals surface area contributed by atoms with Gasteiger partial charge in [0.15, 0.2) is 0 Å². The van der Waals surface area contributed by atoms with Crippen molar-refractivity contribution in [3.05, 3.63) is 55.8 Å². The van der Waals surface area contributed by atoms with Crippen molar-refractivity contribution in [2.45, 2.75) is 6.42 Å². The average Bonchev–Trinajstić information content (AvgIpc) is 2.86. The normalized spacial score (nSPS) is 10.4. The number of hydrogen-bond donors (Lipinski definition) is 1. The quantitative estimate of drug-likeness (QED) is 0.492. The highest BCUT2D eigenvalue weighted by molar-refractivity contribution is 14.1. The zero-order valence-electron chi connectivity index (χ0n) is 9.73. The molecule has 1 aromatic heterocycles. The summed E-state index contributed by atoms with van der Waals surface area (Å²) in [6, 6.07) is 5.93. The Kier molecular flexibility index (Phi) is 4.35. The average molecular weight is 376 g/mol. The van der Waals surface area contributed by atoms with E-state index in [0.29, 0.717) is 13.0 Å². The standard InChI is InChI=1S/C12H10FIN2O3/c13-9-6-11(12(16(17)18)7-10(9)14)15-4-3-8-2-1-5-19-8/h1-2,5-7,15H,3-4H2. The summed E-state index contributed by atoms with van der Waals surface area (Å²) in [5, 5.41) is 13.8. The van der Waals surface area contributed by atoms with Gasteiger partial charge in [-0.05, 0) is 34.7 Å². The molecule has 0 amide bonds. The minimum Gasteiger partial charge on any atom is -0.469 e. The maximum Gasteiger partial charge on any atom is 0.293 e. The van der Waals surface area contributed by atoms with Crippen molar-refractivity contribution >= 4 is 34.0 Å². The molecule has 0 atom stereocenters. The number of anilines is 1. The number of hydrogen-bond acceptors (Lipinski definition) is 4. The zero-order valence-corrected chi connectivity index (χ0v) is 11.9. The molecule has 0 bridgehead atoms. The Bertz CT molecular complexity index is 587. The number of furan rings is 1. The maximum absolute atomic E-state index is 13.4. The van der Waals surface area contributed by atoms with Gasteiger partial charge in [0.05, 0.1) is 14.8 Å². The Morgan fingerprint density at radius 2 is 2.26 bits per heavy atom. The van der Waals surface area contributed by atoms with Crippen molar-refractivity contribution in [1.82, 2.24) is 0 Å². The van der Waals surface area contributed by atoms with Crippen LogP contribution in [0.2, 0.25) is 0 Å². The minimum atomic E-state index is -0.531. The van der Waals surface area contributed by atoms with E-state index in [1.807, 2.05) is 6.07 Å². The molecule has 0 aliphatic carbocycles. The largest absolute Gasteiger partial charge is 0.469 e. The lowest BCUT2D eigenvalue weighted by Gasteiger charge is -2.07. The van der Waals surface area contributed by atoms with Crippen molar-refractivity contribution < 1.29 is 13.7 Å². The number of benzene rings is 1. The van der Waals surface area contributed by atoms with E-state index < -0.39 is 10.7 Å². The first kappa shape index (κ1) is 13.8. The second kappa shape index (κ2) is 6.00. The van der Waals surface area contributed by atoms with Crippen LogP contribution in [0.25, 0.3) is 0 Å². The molecule has 2 rings (SSSR count). The smallest absolute Gasteiger partial charge is 0.293 e. The molecule has 7 heteroatoms. The van der Waals surface area contributed by atoms with Crippen LogP contribution in [0.15, 0.2) is 34.9 Å². The number of nitrogens with zero attached hydrogens (tertiary/aromatic N) is 1. The Morgan fingerprint density at radius 3 is 2.89 bits per heavy atom. The zero-order chi connectivity index (χ0) is 13.8. The number of halogens is 2. The van der Waals surface area contributed by atoms with Crippen molar-refractivity contribution in [2.75, 3.05) is 11.9 Å². The van der Waals surface area contributed by atoms with Gasteiger partial charge in [0, 0.05) is 25.1 Å². The first-order valence-electron chi connectivity index (χ1n) is 5.47. The lowest BCUT2D eigenvalue weighted by Crippen LogP contribution is -2.07. The lowest BCUT2D eigenvalue weighted by atomic mass is 10.2. The van der Waals surface area contributed by atoms with E-state index in [9.17, 15) is 14.5 Å². The number of nitro groups is 1. The van der Waals surface area contributed by atoms with Crippen LogP contribution < -0.4 is 5.32 Å². The van der Waals surface area contributed by atoms with E-state index in [4.69, 9.17) is 4.42 Å². The van der Waals surface area contributed by atoms with E-state index in [-0.39, 0.29) is 14.9 Å². The van der Waals surface area contributed by atoms with E-state index >= 15 is 0 Å². The molecule has 100 valence electrons. The predicted octanol–water partition coefficient (Wildman–Crippen LogP) is 3.59. The first-order valence-corrected chi connectivity index (χ1v) is 6.55. The van der Waals surface area contributed by atoms with Gasteiger partial charge in [-0.25, -0.2) is 4.39 Å². The summed E-state index contributed by atoms with van der Waals surface area (Å²) < 4.78 is 18.8. The number of rotatable bonds is 5. The summed E-state index contributed by atoms with van der Waals surface area (Å²) in [6.07, 6.45) is 2.13. The third-order valence-electron chi connectivity index (χ3n) is 2.50. The van der Waals surface area contributed by atoms with E-state index in [1.54, 1.807) is 34.9 Å².